The molecule has 8 heteroatoms. The first kappa shape index (κ1) is 59.5. The van der Waals surface area contributed by atoms with E-state index in [1.807, 2.05) is 32.9 Å². The number of hydrogen-bond acceptors (Lipinski definition) is 7. The van der Waals surface area contributed by atoms with Crippen LogP contribution in [0.5, 0.6) is 11.5 Å². The topological polar surface area (TPSA) is 80.3 Å². The lowest BCUT2D eigenvalue weighted by Gasteiger charge is -2.30. The molecule has 0 atom stereocenters. The van der Waals surface area contributed by atoms with Crippen molar-refractivity contribution in [3.8, 4) is 11.5 Å². The van der Waals surface area contributed by atoms with E-state index in [4.69, 9.17) is 23.0 Å². The Morgan fingerprint density at radius 1 is 0.444 bits per heavy atom. The molecule has 0 bridgehead atoms. The van der Waals surface area contributed by atoms with Crippen LogP contribution in [0.3, 0.4) is 0 Å². The summed E-state index contributed by atoms with van der Waals surface area (Å²) in [5, 5.41) is 0. The second kappa shape index (κ2) is 34.7. The van der Waals surface area contributed by atoms with Crippen LogP contribution in [0.25, 0.3) is 0 Å². The number of phosphoric acid groups is 1. The highest BCUT2D eigenvalue weighted by Gasteiger charge is 2.34. The number of ether oxygens (including phenoxy) is 2. The van der Waals surface area contributed by atoms with Gasteiger partial charge in [0, 0.05) is 11.1 Å². The zero-order valence-electron chi connectivity index (χ0n) is 43.5. The van der Waals surface area contributed by atoms with Crippen LogP contribution in [-0.4, -0.2) is 25.0 Å². The van der Waals surface area contributed by atoms with Crippen molar-refractivity contribution in [2.45, 2.75) is 298 Å². The maximum Gasteiger partial charge on any atom is 0.530 e. The van der Waals surface area contributed by atoms with Crippen molar-refractivity contribution in [1.29, 1.82) is 0 Å². The van der Waals surface area contributed by atoms with Crippen LogP contribution < -0.4 is 9.26 Å². The summed E-state index contributed by atoms with van der Waals surface area (Å²) in [6.07, 6.45) is 40.5. The van der Waals surface area contributed by atoms with Crippen molar-refractivity contribution in [3.05, 3.63) is 23.3 Å². The molecule has 370 valence electrons. The van der Waals surface area contributed by atoms with Gasteiger partial charge < -0.3 is 14.0 Å². The summed E-state index contributed by atoms with van der Waals surface area (Å²) >= 11 is 0. The number of hydrogen-bond donors (Lipinski definition) is 0. The quantitative estimate of drug-likeness (QED) is 0.0282. The molecule has 0 aliphatic heterocycles. The first-order chi connectivity index (χ1) is 29.9. The number of benzene rings is 1. The molecule has 0 radical (unpaired) electrons. The lowest BCUT2D eigenvalue weighted by atomic mass is 9.79. The molecule has 1 aromatic carbocycles. The van der Waals surface area contributed by atoms with E-state index >= 15 is 0 Å². The second-order valence-electron chi connectivity index (χ2n) is 21.7. The van der Waals surface area contributed by atoms with Gasteiger partial charge in [-0.15, -0.1) is 0 Å². The van der Waals surface area contributed by atoms with Gasteiger partial charge in [-0.05, 0) is 56.6 Å². The van der Waals surface area contributed by atoms with Gasteiger partial charge in [-0.1, -0.05) is 248 Å². The third-order valence-corrected chi connectivity index (χ3v) is 13.4. The number of unbranched alkanes of at least 4 members (excludes halogenated alkanes) is 30. The van der Waals surface area contributed by atoms with Crippen molar-refractivity contribution in [3.63, 3.8) is 0 Å². The molecule has 63 heavy (non-hydrogen) atoms. The maximum absolute atomic E-state index is 14.5. The van der Waals surface area contributed by atoms with Crippen molar-refractivity contribution in [1.82, 2.24) is 0 Å². The van der Waals surface area contributed by atoms with E-state index in [2.05, 4.69) is 55.4 Å². The smallest absolute Gasteiger partial charge is 0.428 e. The molecule has 0 N–H and O–H groups in total. The van der Waals surface area contributed by atoms with Gasteiger partial charge in [0.25, 0.3) is 0 Å². The van der Waals surface area contributed by atoms with Crippen LogP contribution in [0.2, 0.25) is 0 Å². The molecule has 0 aromatic heterocycles. The Bertz CT molecular complexity index is 1240. The Hall–Kier alpha value is -1.56. The zero-order valence-corrected chi connectivity index (χ0v) is 44.4. The first-order valence-electron chi connectivity index (χ1n) is 26.6. The van der Waals surface area contributed by atoms with Gasteiger partial charge in [0.15, 0.2) is 0 Å². The molecule has 0 fully saturated rings. The van der Waals surface area contributed by atoms with Crippen LogP contribution in [0.4, 0.5) is 4.79 Å². The van der Waals surface area contributed by atoms with E-state index in [-0.39, 0.29) is 0 Å². The average Bonchev–Trinajstić information content (AvgIpc) is 3.19. The van der Waals surface area contributed by atoms with Gasteiger partial charge in [0.2, 0.25) is 0 Å². The molecule has 0 aliphatic carbocycles. The third kappa shape index (κ3) is 31.9. The highest BCUT2D eigenvalue weighted by molar-refractivity contribution is 7.48. The Kier molecular flexibility index (Phi) is 32.8. The first-order valence-corrected chi connectivity index (χ1v) is 28.1. The van der Waals surface area contributed by atoms with E-state index in [1.165, 1.54) is 167 Å². The van der Waals surface area contributed by atoms with Crippen molar-refractivity contribution in [2.75, 3.05) is 13.2 Å². The fourth-order valence-electron chi connectivity index (χ4n) is 8.11. The molecular weight excluding hydrogens is 804 g/mol. The van der Waals surface area contributed by atoms with E-state index < -0.39 is 30.4 Å². The number of carbonyl (C=O) groups excluding carboxylic acids is 1. The molecule has 0 spiro atoms. The van der Waals surface area contributed by atoms with Crippen LogP contribution in [-0.2, 0) is 29.2 Å². The van der Waals surface area contributed by atoms with Gasteiger partial charge in [0.1, 0.15) is 17.1 Å². The predicted molar refractivity (Wildman–Crippen MR) is 270 cm³/mol. The summed E-state index contributed by atoms with van der Waals surface area (Å²) in [4.78, 5) is 13.0. The van der Waals surface area contributed by atoms with E-state index in [0.717, 1.165) is 49.7 Å². The predicted octanol–water partition coefficient (Wildman–Crippen LogP) is 19.6. The van der Waals surface area contributed by atoms with Crippen molar-refractivity contribution < 1.29 is 32.4 Å². The van der Waals surface area contributed by atoms with Crippen LogP contribution in [0.15, 0.2) is 12.1 Å². The molecule has 0 unspecified atom stereocenters. The Morgan fingerprint density at radius 2 is 0.714 bits per heavy atom. The maximum atomic E-state index is 14.5. The third-order valence-electron chi connectivity index (χ3n) is 12.0. The number of phosphoric ester groups is 1. The largest absolute Gasteiger partial charge is 0.530 e. The summed E-state index contributed by atoms with van der Waals surface area (Å²) in [5.41, 5.74) is -0.0900. The van der Waals surface area contributed by atoms with Gasteiger partial charge in [-0.2, -0.15) is 0 Å². The Balaban J connectivity index is 2.78. The number of carbonyl (C=O) groups is 1. The summed E-state index contributed by atoms with van der Waals surface area (Å²) in [7, 11) is -3.97. The minimum Gasteiger partial charge on any atom is -0.428 e. The molecule has 0 amide bonds. The zero-order chi connectivity index (χ0) is 46.9. The second-order valence-corrected chi connectivity index (χ2v) is 23.3. The lowest BCUT2D eigenvalue weighted by molar-refractivity contribution is 0.0199. The average molecular weight is 907 g/mol. The molecule has 0 aliphatic rings. The molecule has 0 heterocycles. The Labute approximate surface area is 391 Å². The highest BCUT2D eigenvalue weighted by Crippen LogP contribution is 2.52. The van der Waals surface area contributed by atoms with Crippen LogP contribution >= 0.6 is 7.82 Å². The molecule has 7 nitrogen and oxygen atoms in total. The monoisotopic (exact) mass is 907 g/mol. The fourth-order valence-corrected chi connectivity index (χ4v) is 9.35. The summed E-state index contributed by atoms with van der Waals surface area (Å²) in [5.74, 6) is 0.818. The van der Waals surface area contributed by atoms with E-state index in [9.17, 15) is 9.36 Å². The minimum absolute atomic E-state index is 0.312. The van der Waals surface area contributed by atoms with Gasteiger partial charge in [-0.25, -0.2) is 9.36 Å². The molecule has 1 aromatic rings. The normalized spacial score (nSPS) is 12.6. The summed E-state index contributed by atoms with van der Waals surface area (Å²) in [6, 6.07) is 3.63. The van der Waals surface area contributed by atoms with Gasteiger partial charge >= 0.3 is 14.0 Å². The molecule has 1 rings (SSSR count). The number of rotatable bonds is 39. The fraction of sp³-hybridized carbons (Fsp3) is 0.873. The van der Waals surface area contributed by atoms with Crippen molar-refractivity contribution >= 4 is 14.0 Å². The lowest BCUT2D eigenvalue weighted by Crippen LogP contribution is -2.28. The SMILES string of the molecule is CCCCCCCCCCCCCCCCCCOP(=O)(OCCCCCCCCCCCCCCCCCC)Oc1cc(C(C)(C)C)c(OC(=O)OC(C)(C)C)c(C(C)(C)C)c1. The van der Waals surface area contributed by atoms with Crippen LogP contribution in [0.1, 0.15) is 293 Å². The summed E-state index contributed by atoms with van der Waals surface area (Å²) < 4.78 is 44.5. The molecule has 0 saturated heterocycles. The standard InChI is InChI=1S/C55H103O7P/c1-12-14-16-18-20-22-24-26-28-30-32-34-36-38-40-42-44-58-63(57,59-45-43-41-39-37-35-33-31-29-27-25-23-21-19-17-15-13-2)62-48-46-49(53(3,4)5)51(50(47-48)54(6,7)8)60-52(56)61-55(9,10)11/h46-47H,12-45H2,1-11H3. The molecule has 0 saturated carbocycles. The van der Waals surface area contributed by atoms with Gasteiger partial charge in [0.05, 0.1) is 13.2 Å². The Morgan fingerprint density at radius 3 is 0.968 bits per heavy atom. The summed E-state index contributed by atoms with van der Waals surface area (Å²) in [6.45, 7) is 23.0. The van der Waals surface area contributed by atoms with Crippen molar-refractivity contribution in [2.24, 2.45) is 0 Å². The van der Waals surface area contributed by atoms with Crippen LogP contribution in [0, 0.1) is 0 Å². The van der Waals surface area contributed by atoms with E-state index in [1.54, 1.807) is 0 Å². The van der Waals surface area contributed by atoms with Gasteiger partial charge in [-0.3, -0.25) is 9.05 Å². The molecular formula is C55H103O7P. The van der Waals surface area contributed by atoms with E-state index in [0.29, 0.717) is 24.7 Å². The minimum atomic E-state index is -3.97. The highest BCUT2D eigenvalue weighted by atomic mass is 31.2.